The Morgan fingerprint density at radius 1 is 1.24 bits per heavy atom. The number of nitrogen functional groups attached to an aromatic ring is 1. The van der Waals surface area contributed by atoms with E-state index < -0.39 is 5.41 Å². The number of aromatic nitrogens is 1. The van der Waals surface area contributed by atoms with Crippen molar-refractivity contribution in [2.75, 3.05) is 31.9 Å². The molecule has 3 fully saturated rings. The van der Waals surface area contributed by atoms with Crippen LogP contribution in [0.5, 0.6) is 0 Å². The summed E-state index contributed by atoms with van der Waals surface area (Å²) >= 11 is 1.35. The first-order valence-electron chi connectivity index (χ1n) is 11.8. The number of imide groups is 1. The van der Waals surface area contributed by atoms with Crippen LogP contribution in [0.25, 0.3) is 10.2 Å². The SMILES string of the molecule is CC(C)N1C(=O)CC2(CCCN(C3CCN(C(=O)c4c(N)sc5ncccc45)CC3)C2)C1=O. The Balaban J connectivity index is 1.26. The number of thiophene rings is 1. The Hall–Kier alpha value is -2.52. The van der Waals surface area contributed by atoms with E-state index in [4.69, 9.17) is 5.73 Å². The minimum Gasteiger partial charge on any atom is -0.390 e. The number of nitrogens with zero attached hydrogens (tertiary/aromatic N) is 4. The van der Waals surface area contributed by atoms with E-state index in [1.807, 2.05) is 30.9 Å². The van der Waals surface area contributed by atoms with Gasteiger partial charge < -0.3 is 10.6 Å². The van der Waals surface area contributed by atoms with E-state index in [0.29, 0.717) is 42.7 Å². The van der Waals surface area contributed by atoms with Gasteiger partial charge in [0.2, 0.25) is 11.8 Å². The molecule has 176 valence electrons. The normalized spacial score (nSPS) is 25.2. The van der Waals surface area contributed by atoms with Crippen molar-refractivity contribution in [2.45, 2.75) is 58.0 Å². The van der Waals surface area contributed by atoms with Crippen LogP contribution in [-0.4, -0.2) is 75.7 Å². The molecular formula is C24H31N5O3S. The molecule has 0 saturated carbocycles. The van der Waals surface area contributed by atoms with Crippen molar-refractivity contribution < 1.29 is 14.4 Å². The topological polar surface area (TPSA) is 99.8 Å². The summed E-state index contributed by atoms with van der Waals surface area (Å²) < 4.78 is 0. The summed E-state index contributed by atoms with van der Waals surface area (Å²) in [6, 6.07) is 3.97. The van der Waals surface area contributed by atoms with Crippen LogP contribution in [0.2, 0.25) is 0 Å². The number of piperidine rings is 2. The summed E-state index contributed by atoms with van der Waals surface area (Å²) in [6.45, 7) is 6.72. The minimum absolute atomic E-state index is 0.00762. The molecule has 3 amide bonds. The number of likely N-dealkylation sites (tertiary alicyclic amines) is 3. The monoisotopic (exact) mass is 469 g/mol. The fourth-order valence-electron chi connectivity index (χ4n) is 5.90. The van der Waals surface area contributed by atoms with Gasteiger partial charge in [-0.2, -0.15) is 0 Å². The van der Waals surface area contributed by atoms with Crippen LogP contribution in [0.1, 0.15) is 56.3 Å². The van der Waals surface area contributed by atoms with Crippen molar-refractivity contribution in [3.8, 4) is 0 Å². The molecule has 3 aliphatic rings. The van der Waals surface area contributed by atoms with Crippen LogP contribution in [0, 0.1) is 5.41 Å². The van der Waals surface area contributed by atoms with Crippen molar-refractivity contribution in [3.05, 3.63) is 23.9 Å². The van der Waals surface area contributed by atoms with Crippen LogP contribution in [0.3, 0.4) is 0 Å². The van der Waals surface area contributed by atoms with Crippen molar-refractivity contribution in [2.24, 2.45) is 5.41 Å². The van der Waals surface area contributed by atoms with Crippen LogP contribution >= 0.6 is 11.3 Å². The number of rotatable bonds is 3. The summed E-state index contributed by atoms with van der Waals surface area (Å²) in [5.74, 6) is -0.0509. The van der Waals surface area contributed by atoms with Gasteiger partial charge in [0.1, 0.15) is 9.83 Å². The van der Waals surface area contributed by atoms with Gasteiger partial charge in [-0.3, -0.25) is 24.2 Å². The lowest BCUT2D eigenvalue weighted by Gasteiger charge is -2.45. The number of carbonyl (C=O) groups is 3. The number of hydrogen-bond donors (Lipinski definition) is 1. The fourth-order valence-corrected chi connectivity index (χ4v) is 6.80. The van der Waals surface area contributed by atoms with Crippen LogP contribution in [0.15, 0.2) is 18.3 Å². The summed E-state index contributed by atoms with van der Waals surface area (Å²) in [6.07, 6.45) is 5.47. The van der Waals surface area contributed by atoms with E-state index in [9.17, 15) is 14.4 Å². The summed E-state index contributed by atoms with van der Waals surface area (Å²) in [4.78, 5) is 49.9. The Morgan fingerprint density at radius 2 is 2.00 bits per heavy atom. The predicted molar refractivity (Wildman–Crippen MR) is 128 cm³/mol. The second kappa shape index (κ2) is 8.36. The molecule has 1 unspecified atom stereocenters. The molecule has 1 atom stereocenters. The number of carbonyl (C=O) groups excluding carboxylic acids is 3. The Morgan fingerprint density at radius 3 is 2.70 bits per heavy atom. The van der Waals surface area contributed by atoms with Gasteiger partial charge in [-0.15, -0.1) is 0 Å². The molecule has 9 heteroatoms. The zero-order chi connectivity index (χ0) is 23.3. The highest BCUT2D eigenvalue weighted by Crippen LogP contribution is 2.43. The standard InChI is InChI=1S/C24H31N5O3S/c1-15(2)29-18(30)13-24(23(29)32)8-4-10-28(14-24)16-6-11-27(12-7-16)22(31)19-17-5-3-9-26-21(17)33-20(19)25/h3,5,9,15-16H,4,6-8,10-14,25H2,1-2H3. The first kappa shape index (κ1) is 22.3. The predicted octanol–water partition coefficient (Wildman–Crippen LogP) is 2.73. The van der Waals surface area contributed by atoms with E-state index in [0.717, 1.165) is 42.4 Å². The lowest BCUT2D eigenvalue weighted by Crippen LogP contribution is -2.54. The zero-order valence-corrected chi connectivity index (χ0v) is 20.1. The maximum atomic E-state index is 13.3. The number of amides is 3. The van der Waals surface area contributed by atoms with Crippen molar-refractivity contribution in [1.29, 1.82) is 0 Å². The first-order valence-corrected chi connectivity index (χ1v) is 12.7. The third-order valence-corrected chi connectivity index (χ3v) is 8.47. The Labute approximate surface area is 197 Å². The molecule has 5 rings (SSSR count). The molecule has 0 bridgehead atoms. The third-order valence-electron chi connectivity index (χ3n) is 7.53. The molecule has 3 aliphatic heterocycles. The molecule has 0 radical (unpaired) electrons. The number of fused-ring (bicyclic) bond motifs is 1. The van der Waals surface area contributed by atoms with E-state index in [1.54, 1.807) is 6.20 Å². The second-order valence-electron chi connectivity index (χ2n) is 9.91. The van der Waals surface area contributed by atoms with E-state index in [1.165, 1.54) is 16.2 Å². The number of hydrogen-bond acceptors (Lipinski definition) is 7. The van der Waals surface area contributed by atoms with Crippen molar-refractivity contribution >= 4 is 44.3 Å². The van der Waals surface area contributed by atoms with Gasteiger partial charge in [0.05, 0.1) is 11.0 Å². The largest absolute Gasteiger partial charge is 0.390 e. The van der Waals surface area contributed by atoms with E-state index in [2.05, 4.69) is 9.88 Å². The van der Waals surface area contributed by atoms with Gasteiger partial charge in [0, 0.05) is 49.7 Å². The smallest absolute Gasteiger partial charge is 0.257 e. The molecule has 1 spiro atoms. The van der Waals surface area contributed by atoms with Gasteiger partial charge in [-0.05, 0) is 58.2 Å². The molecule has 2 aromatic rings. The van der Waals surface area contributed by atoms with Gasteiger partial charge >= 0.3 is 0 Å². The Bertz CT molecular complexity index is 1110. The lowest BCUT2D eigenvalue weighted by molar-refractivity contribution is -0.145. The van der Waals surface area contributed by atoms with Gasteiger partial charge in [0.25, 0.3) is 5.91 Å². The average Bonchev–Trinajstić information content (AvgIpc) is 3.25. The first-order chi connectivity index (χ1) is 15.8. The highest BCUT2D eigenvalue weighted by atomic mass is 32.1. The number of pyridine rings is 1. The maximum absolute atomic E-state index is 13.3. The number of nitrogens with two attached hydrogens (primary N) is 1. The van der Waals surface area contributed by atoms with E-state index in [-0.39, 0.29) is 23.8 Å². The molecule has 5 heterocycles. The highest BCUT2D eigenvalue weighted by molar-refractivity contribution is 7.22. The molecule has 33 heavy (non-hydrogen) atoms. The second-order valence-corrected chi connectivity index (χ2v) is 10.9. The van der Waals surface area contributed by atoms with Crippen molar-refractivity contribution in [1.82, 2.24) is 19.7 Å². The maximum Gasteiger partial charge on any atom is 0.257 e. The van der Waals surface area contributed by atoms with Gasteiger partial charge in [-0.1, -0.05) is 11.3 Å². The lowest BCUT2D eigenvalue weighted by atomic mass is 9.77. The highest BCUT2D eigenvalue weighted by Gasteiger charge is 2.54. The molecule has 2 N–H and O–H groups in total. The molecule has 2 aromatic heterocycles. The molecule has 0 aliphatic carbocycles. The van der Waals surface area contributed by atoms with Crippen LogP contribution < -0.4 is 5.73 Å². The molecule has 3 saturated heterocycles. The van der Waals surface area contributed by atoms with Crippen LogP contribution in [-0.2, 0) is 9.59 Å². The van der Waals surface area contributed by atoms with Crippen molar-refractivity contribution in [3.63, 3.8) is 0 Å². The molecular weight excluding hydrogens is 438 g/mol. The summed E-state index contributed by atoms with van der Waals surface area (Å²) in [7, 11) is 0. The summed E-state index contributed by atoms with van der Waals surface area (Å²) in [5, 5.41) is 1.34. The molecule has 0 aromatic carbocycles. The quantitative estimate of drug-likeness (QED) is 0.694. The Kier molecular flexibility index (Phi) is 5.64. The fraction of sp³-hybridized carbons (Fsp3) is 0.583. The summed E-state index contributed by atoms with van der Waals surface area (Å²) in [5.41, 5.74) is 6.19. The zero-order valence-electron chi connectivity index (χ0n) is 19.2. The number of anilines is 1. The minimum atomic E-state index is -0.566. The van der Waals surface area contributed by atoms with Gasteiger partial charge in [-0.25, -0.2) is 4.98 Å². The van der Waals surface area contributed by atoms with E-state index >= 15 is 0 Å². The van der Waals surface area contributed by atoms with Crippen LogP contribution in [0.4, 0.5) is 5.00 Å². The third kappa shape index (κ3) is 3.71. The van der Waals surface area contributed by atoms with Gasteiger partial charge in [0.15, 0.2) is 0 Å². The molecule has 8 nitrogen and oxygen atoms in total. The average molecular weight is 470 g/mol.